The number of rotatable bonds is 3. The van der Waals surface area contributed by atoms with Gasteiger partial charge in [-0.25, -0.2) is 0 Å². The quantitative estimate of drug-likeness (QED) is 0.885. The van der Waals surface area contributed by atoms with E-state index in [9.17, 15) is 4.79 Å². The lowest BCUT2D eigenvalue weighted by molar-refractivity contribution is -0.134. The molecule has 0 fully saturated rings. The summed E-state index contributed by atoms with van der Waals surface area (Å²) in [4.78, 5) is 12.6. The molecule has 0 saturated carbocycles. The van der Waals surface area contributed by atoms with Gasteiger partial charge < -0.3 is 14.8 Å². The van der Waals surface area contributed by atoms with Crippen molar-refractivity contribution in [1.29, 1.82) is 0 Å². The van der Waals surface area contributed by atoms with Crippen LogP contribution in [0.15, 0.2) is 53.0 Å². The van der Waals surface area contributed by atoms with Crippen molar-refractivity contribution in [3.63, 3.8) is 0 Å². The van der Waals surface area contributed by atoms with E-state index in [0.717, 1.165) is 10.0 Å². The Kier molecular flexibility index (Phi) is 4.57. The zero-order chi connectivity index (χ0) is 16.4. The molecule has 23 heavy (non-hydrogen) atoms. The van der Waals surface area contributed by atoms with Gasteiger partial charge in [0.25, 0.3) is 5.91 Å². The molecule has 0 aliphatic carbocycles. The fraction of sp³-hybridized carbons (Fsp3) is 0.278. The Morgan fingerprint density at radius 1 is 1.13 bits per heavy atom. The minimum atomic E-state index is -0.667. The average Bonchev–Trinajstić information content (AvgIpc) is 2.54. The monoisotopic (exact) mass is 375 g/mol. The minimum Gasteiger partial charge on any atom is -0.482 e. The first-order chi connectivity index (χ1) is 11.0. The van der Waals surface area contributed by atoms with Gasteiger partial charge in [0.2, 0.25) is 6.10 Å². The topological polar surface area (TPSA) is 47.6 Å². The van der Waals surface area contributed by atoms with Gasteiger partial charge >= 0.3 is 0 Å². The number of carbonyl (C=O) groups is 1. The van der Waals surface area contributed by atoms with Crippen LogP contribution in [0.2, 0.25) is 0 Å². The van der Waals surface area contributed by atoms with Gasteiger partial charge in [-0.05, 0) is 43.7 Å². The number of amides is 1. The normalized spacial score (nSPS) is 20.7. The van der Waals surface area contributed by atoms with Crippen molar-refractivity contribution in [2.24, 2.45) is 0 Å². The van der Waals surface area contributed by atoms with E-state index in [-0.39, 0.29) is 18.1 Å². The molecule has 0 spiro atoms. The molecule has 5 heteroatoms. The van der Waals surface area contributed by atoms with Crippen molar-refractivity contribution in [3.8, 4) is 11.5 Å². The maximum atomic E-state index is 12.6. The summed E-state index contributed by atoms with van der Waals surface area (Å²) >= 11 is 3.44. The Bertz CT molecular complexity index is 719. The molecule has 2 aromatic rings. The summed E-state index contributed by atoms with van der Waals surface area (Å²) < 4.78 is 12.6. The first-order valence-electron chi connectivity index (χ1n) is 7.53. The third kappa shape index (κ3) is 3.50. The van der Waals surface area contributed by atoms with Gasteiger partial charge in [0, 0.05) is 4.47 Å². The van der Waals surface area contributed by atoms with Crippen LogP contribution >= 0.6 is 15.9 Å². The Hall–Kier alpha value is -2.01. The molecule has 120 valence electrons. The van der Waals surface area contributed by atoms with Gasteiger partial charge in [0.15, 0.2) is 11.5 Å². The van der Waals surface area contributed by atoms with Gasteiger partial charge in [0.05, 0.1) is 6.04 Å². The fourth-order valence-electron chi connectivity index (χ4n) is 2.56. The van der Waals surface area contributed by atoms with Crippen LogP contribution in [0.25, 0.3) is 0 Å². The van der Waals surface area contributed by atoms with Gasteiger partial charge in [-0.15, -0.1) is 0 Å². The number of para-hydroxylation sites is 2. The maximum absolute atomic E-state index is 12.6. The van der Waals surface area contributed by atoms with E-state index >= 15 is 0 Å². The fourth-order valence-corrected chi connectivity index (χ4v) is 2.98. The van der Waals surface area contributed by atoms with E-state index in [1.54, 1.807) is 6.07 Å². The summed E-state index contributed by atoms with van der Waals surface area (Å²) in [5.41, 5.74) is 1.03. The van der Waals surface area contributed by atoms with Crippen molar-refractivity contribution in [2.45, 2.75) is 32.1 Å². The van der Waals surface area contributed by atoms with Crippen LogP contribution in [0.5, 0.6) is 11.5 Å². The Morgan fingerprint density at radius 2 is 1.83 bits per heavy atom. The number of hydrogen-bond donors (Lipinski definition) is 1. The lowest BCUT2D eigenvalue weighted by Gasteiger charge is -2.31. The number of carbonyl (C=O) groups excluding carboxylic acids is 1. The molecule has 0 radical (unpaired) electrons. The highest BCUT2D eigenvalue weighted by atomic mass is 79.9. The van der Waals surface area contributed by atoms with Crippen molar-refractivity contribution >= 4 is 21.8 Å². The number of halogens is 1. The number of fused-ring (bicyclic) bond motifs is 1. The molecule has 1 aliphatic rings. The Labute approximate surface area is 143 Å². The molecule has 1 heterocycles. The largest absolute Gasteiger partial charge is 0.482 e. The number of hydrogen-bond acceptors (Lipinski definition) is 3. The van der Waals surface area contributed by atoms with E-state index in [0.29, 0.717) is 11.5 Å². The van der Waals surface area contributed by atoms with Crippen LogP contribution < -0.4 is 14.8 Å². The molecule has 1 aliphatic heterocycles. The standard InChI is InChI=1S/C18H18BrNO3/c1-11(13-6-5-7-14(19)10-13)20-18(21)17-12(2)22-15-8-3-4-9-16(15)23-17/h3-12,17H,1-2H3,(H,20,21). The van der Waals surface area contributed by atoms with E-state index in [2.05, 4.69) is 21.2 Å². The van der Waals surface area contributed by atoms with E-state index < -0.39 is 6.10 Å². The van der Waals surface area contributed by atoms with Gasteiger partial charge in [0.1, 0.15) is 6.10 Å². The predicted molar refractivity (Wildman–Crippen MR) is 91.6 cm³/mol. The SMILES string of the molecule is CC(NC(=O)C1Oc2ccccc2OC1C)c1cccc(Br)c1. The highest BCUT2D eigenvalue weighted by Crippen LogP contribution is 2.33. The van der Waals surface area contributed by atoms with Gasteiger partial charge in [-0.1, -0.05) is 40.2 Å². The minimum absolute atomic E-state index is 0.118. The lowest BCUT2D eigenvalue weighted by atomic mass is 10.1. The van der Waals surface area contributed by atoms with E-state index in [4.69, 9.17) is 9.47 Å². The molecule has 3 rings (SSSR count). The van der Waals surface area contributed by atoms with Crippen molar-refractivity contribution in [1.82, 2.24) is 5.32 Å². The van der Waals surface area contributed by atoms with Crippen LogP contribution in [0.4, 0.5) is 0 Å². The molecule has 0 saturated heterocycles. The highest BCUT2D eigenvalue weighted by molar-refractivity contribution is 9.10. The second-order valence-corrected chi connectivity index (χ2v) is 6.51. The average molecular weight is 376 g/mol. The number of ether oxygens (including phenoxy) is 2. The molecule has 3 atom stereocenters. The van der Waals surface area contributed by atoms with Crippen molar-refractivity contribution in [3.05, 3.63) is 58.6 Å². The molecule has 0 aromatic heterocycles. The molecule has 1 amide bonds. The maximum Gasteiger partial charge on any atom is 0.265 e. The van der Waals surface area contributed by atoms with Crippen molar-refractivity contribution < 1.29 is 14.3 Å². The Morgan fingerprint density at radius 3 is 2.52 bits per heavy atom. The first kappa shape index (κ1) is 15.9. The predicted octanol–water partition coefficient (Wildman–Crippen LogP) is 3.85. The van der Waals surface area contributed by atoms with Gasteiger partial charge in [-0.3, -0.25) is 4.79 Å². The molecule has 2 aromatic carbocycles. The summed E-state index contributed by atoms with van der Waals surface area (Å²) in [5.74, 6) is 1.09. The molecule has 3 unspecified atom stereocenters. The number of nitrogens with one attached hydrogen (secondary N) is 1. The zero-order valence-electron chi connectivity index (χ0n) is 13.0. The third-order valence-corrected chi connectivity index (χ3v) is 4.30. The molecule has 1 N–H and O–H groups in total. The second kappa shape index (κ2) is 6.62. The smallest absolute Gasteiger partial charge is 0.265 e. The third-order valence-electron chi connectivity index (χ3n) is 3.81. The molecular formula is C18H18BrNO3. The van der Waals surface area contributed by atoms with Crippen LogP contribution in [0.3, 0.4) is 0 Å². The van der Waals surface area contributed by atoms with Crippen molar-refractivity contribution in [2.75, 3.05) is 0 Å². The summed E-state index contributed by atoms with van der Waals surface area (Å²) in [6.45, 7) is 3.78. The van der Waals surface area contributed by atoms with Crippen LogP contribution in [0.1, 0.15) is 25.5 Å². The molecule has 4 nitrogen and oxygen atoms in total. The molecule has 0 bridgehead atoms. The summed E-state index contributed by atoms with van der Waals surface area (Å²) in [5, 5.41) is 2.99. The summed E-state index contributed by atoms with van der Waals surface area (Å²) in [6, 6.07) is 15.1. The van der Waals surface area contributed by atoms with Gasteiger partial charge in [-0.2, -0.15) is 0 Å². The van der Waals surface area contributed by atoms with Crippen LogP contribution in [-0.4, -0.2) is 18.1 Å². The lowest BCUT2D eigenvalue weighted by Crippen LogP contribution is -2.49. The highest BCUT2D eigenvalue weighted by Gasteiger charge is 2.34. The van der Waals surface area contributed by atoms with E-state index in [1.165, 1.54) is 0 Å². The van der Waals surface area contributed by atoms with E-state index in [1.807, 2.05) is 56.3 Å². The first-order valence-corrected chi connectivity index (χ1v) is 8.32. The summed E-state index contributed by atoms with van der Waals surface area (Å²) in [7, 11) is 0. The van der Waals surface area contributed by atoms with Crippen LogP contribution in [-0.2, 0) is 4.79 Å². The summed E-state index contributed by atoms with van der Waals surface area (Å²) in [6.07, 6.45) is -1.01. The molecular weight excluding hydrogens is 358 g/mol. The number of benzene rings is 2. The van der Waals surface area contributed by atoms with Crippen LogP contribution in [0, 0.1) is 0 Å². The second-order valence-electron chi connectivity index (χ2n) is 5.59. The zero-order valence-corrected chi connectivity index (χ0v) is 14.5. The Balaban J connectivity index is 1.71.